The van der Waals surface area contributed by atoms with Gasteiger partial charge in [0.15, 0.2) is 0 Å². The standard InChI is InChI=1S/C20H38O2/c1-5-6-9-16-13-18(21)17-10-12-20(4,22-19(17)14-16)11-7-8-15(2)3/h15-19,21H,5-14H2,1-4H3. The quantitative estimate of drug-likeness (QED) is 0.689. The van der Waals surface area contributed by atoms with Gasteiger partial charge in [0, 0.05) is 5.92 Å². The summed E-state index contributed by atoms with van der Waals surface area (Å²) in [5.41, 5.74) is 0.0580. The van der Waals surface area contributed by atoms with Gasteiger partial charge < -0.3 is 9.84 Å². The zero-order chi connectivity index (χ0) is 16.2. The van der Waals surface area contributed by atoms with E-state index in [9.17, 15) is 5.11 Å². The second kappa shape index (κ2) is 8.15. The number of hydrogen-bond donors (Lipinski definition) is 1. The van der Waals surface area contributed by atoms with E-state index >= 15 is 0 Å². The monoisotopic (exact) mass is 310 g/mol. The lowest BCUT2D eigenvalue weighted by atomic mass is 9.70. The largest absolute Gasteiger partial charge is 0.393 e. The summed E-state index contributed by atoms with van der Waals surface area (Å²) in [4.78, 5) is 0. The summed E-state index contributed by atoms with van der Waals surface area (Å²) < 4.78 is 6.58. The van der Waals surface area contributed by atoms with Gasteiger partial charge in [0.1, 0.15) is 0 Å². The Labute approximate surface area is 138 Å². The minimum absolute atomic E-state index is 0.0580. The number of rotatable bonds is 7. The van der Waals surface area contributed by atoms with E-state index in [1.165, 1.54) is 44.9 Å². The van der Waals surface area contributed by atoms with E-state index in [-0.39, 0.29) is 11.7 Å². The van der Waals surface area contributed by atoms with Crippen LogP contribution in [0.4, 0.5) is 0 Å². The molecule has 2 heteroatoms. The molecule has 0 aromatic heterocycles. The van der Waals surface area contributed by atoms with Gasteiger partial charge >= 0.3 is 0 Å². The van der Waals surface area contributed by atoms with Gasteiger partial charge in [-0.05, 0) is 50.9 Å². The predicted octanol–water partition coefficient (Wildman–Crippen LogP) is 5.33. The van der Waals surface area contributed by atoms with Crippen LogP contribution in [0.3, 0.4) is 0 Å². The fourth-order valence-electron chi connectivity index (χ4n) is 4.57. The molecule has 2 fully saturated rings. The van der Waals surface area contributed by atoms with Crippen LogP contribution in [0, 0.1) is 17.8 Å². The van der Waals surface area contributed by atoms with Gasteiger partial charge in [0.25, 0.3) is 0 Å². The second-order valence-electron chi connectivity index (χ2n) is 8.64. The molecule has 0 aromatic carbocycles. The zero-order valence-corrected chi connectivity index (χ0v) is 15.3. The summed E-state index contributed by atoms with van der Waals surface area (Å²) in [5.74, 6) is 1.86. The van der Waals surface area contributed by atoms with Crippen molar-refractivity contribution in [3.05, 3.63) is 0 Å². The van der Waals surface area contributed by atoms with Crippen LogP contribution < -0.4 is 0 Å². The van der Waals surface area contributed by atoms with Crippen molar-refractivity contribution in [2.45, 2.75) is 110 Å². The Morgan fingerprint density at radius 1 is 1.23 bits per heavy atom. The molecule has 1 saturated carbocycles. The average Bonchev–Trinajstić information content (AvgIpc) is 2.44. The maximum absolute atomic E-state index is 10.5. The lowest BCUT2D eigenvalue weighted by molar-refractivity contribution is -0.190. The predicted molar refractivity (Wildman–Crippen MR) is 92.9 cm³/mol. The number of unbranched alkanes of at least 4 members (excludes halogenated alkanes) is 1. The van der Waals surface area contributed by atoms with E-state index in [2.05, 4.69) is 27.7 Å². The van der Waals surface area contributed by atoms with E-state index in [4.69, 9.17) is 4.74 Å². The van der Waals surface area contributed by atoms with Crippen molar-refractivity contribution in [2.75, 3.05) is 0 Å². The Morgan fingerprint density at radius 2 is 2.00 bits per heavy atom. The van der Waals surface area contributed by atoms with Crippen LogP contribution in [-0.4, -0.2) is 22.9 Å². The first kappa shape index (κ1) is 18.3. The molecule has 0 spiro atoms. The molecule has 2 nitrogen and oxygen atoms in total. The molecule has 0 bridgehead atoms. The minimum atomic E-state index is -0.124. The van der Waals surface area contributed by atoms with Crippen LogP contribution in [-0.2, 0) is 4.74 Å². The third kappa shape index (κ3) is 4.96. The molecule has 1 aliphatic heterocycles. The highest BCUT2D eigenvalue weighted by molar-refractivity contribution is 4.94. The van der Waals surface area contributed by atoms with E-state index in [1.54, 1.807) is 0 Å². The van der Waals surface area contributed by atoms with E-state index in [0.29, 0.717) is 17.9 Å². The molecular formula is C20H38O2. The number of aliphatic hydroxyl groups excluding tert-OH is 1. The Bertz CT molecular complexity index is 324. The minimum Gasteiger partial charge on any atom is -0.393 e. The maximum Gasteiger partial charge on any atom is 0.0658 e. The molecule has 1 saturated heterocycles. The molecular weight excluding hydrogens is 272 g/mol. The van der Waals surface area contributed by atoms with Gasteiger partial charge in [-0.2, -0.15) is 0 Å². The van der Waals surface area contributed by atoms with Crippen LogP contribution in [0.25, 0.3) is 0 Å². The lowest BCUT2D eigenvalue weighted by Gasteiger charge is -2.49. The highest BCUT2D eigenvalue weighted by Crippen LogP contribution is 2.44. The van der Waals surface area contributed by atoms with Crippen LogP contribution in [0.2, 0.25) is 0 Å². The maximum atomic E-state index is 10.5. The van der Waals surface area contributed by atoms with Crippen LogP contribution in [0.1, 0.15) is 91.9 Å². The van der Waals surface area contributed by atoms with Crippen molar-refractivity contribution in [3.8, 4) is 0 Å². The van der Waals surface area contributed by atoms with Gasteiger partial charge in [-0.3, -0.25) is 0 Å². The summed E-state index contributed by atoms with van der Waals surface area (Å²) >= 11 is 0. The molecule has 2 rings (SSSR count). The molecule has 1 N–H and O–H groups in total. The fourth-order valence-corrected chi connectivity index (χ4v) is 4.57. The van der Waals surface area contributed by atoms with Crippen LogP contribution in [0.15, 0.2) is 0 Å². The van der Waals surface area contributed by atoms with Crippen LogP contribution in [0.5, 0.6) is 0 Å². The van der Waals surface area contributed by atoms with Crippen molar-refractivity contribution >= 4 is 0 Å². The first-order valence-electron chi connectivity index (χ1n) is 9.79. The fraction of sp³-hybridized carbons (Fsp3) is 1.00. The lowest BCUT2D eigenvalue weighted by Crippen LogP contribution is -2.50. The third-order valence-electron chi connectivity index (χ3n) is 6.01. The van der Waals surface area contributed by atoms with Gasteiger partial charge in [0.05, 0.1) is 17.8 Å². The second-order valence-corrected chi connectivity index (χ2v) is 8.64. The molecule has 5 atom stereocenters. The number of hydrogen-bond acceptors (Lipinski definition) is 2. The molecule has 0 amide bonds. The van der Waals surface area contributed by atoms with Crippen molar-refractivity contribution in [2.24, 2.45) is 17.8 Å². The normalized spacial score (nSPS) is 39.0. The van der Waals surface area contributed by atoms with Gasteiger partial charge in [0.2, 0.25) is 0 Å². The van der Waals surface area contributed by atoms with Gasteiger partial charge in [-0.25, -0.2) is 0 Å². The summed E-state index contributed by atoms with van der Waals surface area (Å²) in [6, 6.07) is 0. The SMILES string of the molecule is CCCCC1CC(O)C2CCC(C)(CCCC(C)C)OC2C1. The van der Waals surface area contributed by atoms with Gasteiger partial charge in [-0.1, -0.05) is 52.9 Å². The molecule has 130 valence electrons. The van der Waals surface area contributed by atoms with Crippen LogP contribution >= 0.6 is 0 Å². The third-order valence-corrected chi connectivity index (χ3v) is 6.01. The van der Waals surface area contributed by atoms with Crippen molar-refractivity contribution in [1.82, 2.24) is 0 Å². The van der Waals surface area contributed by atoms with Crippen molar-refractivity contribution < 1.29 is 9.84 Å². The summed E-state index contributed by atoms with van der Waals surface area (Å²) in [5, 5.41) is 10.5. The summed E-state index contributed by atoms with van der Waals surface area (Å²) in [7, 11) is 0. The molecule has 22 heavy (non-hydrogen) atoms. The average molecular weight is 311 g/mol. The smallest absolute Gasteiger partial charge is 0.0658 e. The highest BCUT2D eigenvalue weighted by Gasteiger charge is 2.44. The van der Waals surface area contributed by atoms with Gasteiger partial charge in [-0.15, -0.1) is 0 Å². The number of fused-ring (bicyclic) bond motifs is 1. The topological polar surface area (TPSA) is 29.5 Å². The molecule has 0 radical (unpaired) electrons. The Morgan fingerprint density at radius 3 is 2.68 bits per heavy atom. The Kier molecular flexibility index (Phi) is 6.76. The number of ether oxygens (including phenoxy) is 1. The summed E-state index contributed by atoms with van der Waals surface area (Å²) in [6.07, 6.45) is 12.2. The molecule has 1 aliphatic carbocycles. The molecule has 5 unspecified atom stereocenters. The first-order chi connectivity index (χ1) is 10.4. The molecule has 0 aromatic rings. The van der Waals surface area contributed by atoms with E-state index in [0.717, 1.165) is 25.2 Å². The first-order valence-corrected chi connectivity index (χ1v) is 9.79. The molecule has 2 aliphatic rings. The van der Waals surface area contributed by atoms with Crippen molar-refractivity contribution in [3.63, 3.8) is 0 Å². The summed E-state index contributed by atoms with van der Waals surface area (Å²) in [6.45, 7) is 9.17. The van der Waals surface area contributed by atoms with Crippen molar-refractivity contribution in [1.29, 1.82) is 0 Å². The zero-order valence-electron chi connectivity index (χ0n) is 15.3. The van der Waals surface area contributed by atoms with E-state index < -0.39 is 0 Å². The Balaban J connectivity index is 1.88. The highest BCUT2D eigenvalue weighted by atomic mass is 16.5. The van der Waals surface area contributed by atoms with E-state index in [1.807, 2.05) is 0 Å². The molecule has 1 heterocycles. The Hall–Kier alpha value is -0.0800. The number of aliphatic hydroxyl groups is 1.